The fourth-order valence-electron chi connectivity index (χ4n) is 1.22. The average molecular weight is 200 g/mol. The first-order valence-electron chi connectivity index (χ1n) is 5.24. The van der Waals surface area contributed by atoms with Gasteiger partial charge in [0.25, 0.3) is 0 Å². The van der Waals surface area contributed by atoms with E-state index in [1.807, 2.05) is 6.08 Å². The Morgan fingerprint density at radius 1 is 1.29 bits per heavy atom. The highest BCUT2D eigenvalue weighted by Gasteiger charge is 2.02. The molecule has 3 nitrogen and oxygen atoms in total. The third-order valence-electron chi connectivity index (χ3n) is 2.16. The number of rotatable bonds is 7. The molecule has 0 unspecified atom stereocenters. The number of carbonyl (C=O) groups is 1. The van der Waals surface area contributed by atoms with E-state index in [0.29, 0.717) is 5.57 Å². The van der Waals surface area contributed by atoms with Crippen LogP contribution in [0.2, 0.25) is 0 Å². The normalized spacial score (nSPS) is 11.5. The molecule has 0 atom stereocenters. The Balaban J connectivity index is 3.46. The summed E-state index contributed by atoms with van der Waals surface area (Å²) in [7, 11) is 0. The molecule has 0 heterocycles. The molecular formula is C11H20O3. The van der Waals surface area contributed by atoms with E-state index >= 15 is 0 Å². The number of hydrogen-bond acceptors (Lipinski definition) is 3. The second-order valence-corrected chi connectivity index (χ2v) is 3.47. The first-order chi connectivity index (χ1) is 6.72. The summed E-state index contributed by atoms with van der Waals surface area (Å²) in [5.74, 6) is -0.654. The molecule has 82 valence electrons. The van der Waals surface area contributed by atoms with E-state index < -0.39 is 5.97 Å². The topological polar surface area (TPSA) is 46.5 Å². The second-order valence-electron chi connectivity index (χ2n) is 3.47. The number of hydrogen-bond donors (Lipinski definition) is 1. The van der Waals surface area contributed by atoms with Crippen LogP contribution in [0.15, 0.2) is 11.6 Å². The van der Waals surface area contributed by atoms with Crippen molar-refractivity contribution in [2.75, 3.05) is 0 Å². The van der Waals surface area contributed by atoms with Gasteiger partial charge in [-0.1, -0.05) is 38.7 Å². The lowest BCUT2D eigenvalue weighted by Gasteiger charge is -1.98. The maximum atomic E-state index is 10.7. The lowest BCUT2D eigenvalue weighted by atomic mass is 10.1. The molecule has 0 aliphatic carbocycles. The van der Waals surface area contributed by atoms with Gasteiger partial charge in [-0.25, -0.2) is 4.79 Å². The molecule has 0 aromatic rings. The monoisotopic (exact) mass is 200 g/mol. The SMILES string of the molecule is CCCCCCCC=C(C)C(=O)OO. The van der Waals surface area contributed by atoms with Crippen molar-refractivity contribution in [3.8, 4) is 0 Å². The van der Waals surface area contributed by atoms with Crippen molar-refractivity contribution in [1.82, 2.24) is 0 Å². The van der Waals surface area contributed by atoms with Gasteiger partial charge in [0.1, 0.15) is 0 Å². The molecule has 0 saturated carbocycles. The zero-order chi connectivity index (χ0) is 10.8. The molecule has 0 aliphatic heterocycles. The number of allylic oxidation sites excluding steroid dienone is 1. The van der Waals surface area contributed by atoms with Crippen LogP contribution in [0.25, 0.3) is 0 Å². The Bertz CT molecular complexity index is 185. The Kier molecular flexibility index (Phi) is 8.24. The summed E-state index contributed by atoms with van der Waals surface area (Å²) in [6.45, 7) is 3.83. The predicted molar refractivity (Wildman–Crippen MR) is 55.9 cm³/mol. The third-order valence-corrected chi connectivity index (χ3v) is 2.16. The molecule has 0 rings (SSSR count). The minimum atomic E-state index is -0.654. The molecule has 0 bridgehead atoms. The van der Waals surface area contributed by atoms with E-state index in [0.717, 1.165) is 12.8 Å². The summed E-state index contributed by atoms with van der Waals surface area (Å²) < 4.78 is 0. The fourth-order valence-corrected chi connectivity index (χ4v) is 1.22. The second kappa shape index (κ2) is 8.75. The standard InChI is InChI=1S/C11H20O3/c1-3-4-5-6-7-8-9-10(2)11(12)14-13/h9,13H,3-8H2,1-2H3. The highest BCUT2D eigenvalue weighted by Crippen LogP contribution is 2.07. The molecule has 0 spiro atoms. The molecule has 0 fully saturated rings. The van der Waals surface area contributed by atoms with E-state index in [1.54, 1.807) is 6.92 Å². The molecule has 0 radical (unpaired) electrons. The number of unbranched alkanes of at least 4 members (excludes halogenated alkanes) is 5. The van der Waals surface area contributed by atoms with Crippen molar-refractivity contribution in [3.63, 3.8) is 0 Å². The first-order valence-corrected chi connectivity index (χ1v) is 5.24. The van der Waals surface area contributed by atoms with E-state index in [-0.39, 0.29) is 0 Å². The maximum absolute atomic E-state index is 10.7. The van der Waals surface area contributed by atoms with Gasteiger partial charge in [-0.05, 0) is 19.8 Å². The minimum Gasteiger partial charge on any atom is -0.296 e. The molecule has 0 amide bonds. The van der Waals surface area contributed by atoms with Gasteiger partial charge in [0.2, 0.25) is 0 Å². The van der Waals surface area contributed by atoms with Gasteiger partial charge in [-0.2, -0.15) is 5.26 Å². The van der Waals surface area contributed by atoms with Gasteiger partial charge in [0.15, 0.2) is 0 Å². The van der Waals surface area contributed by atoms with Crippen molar-refractivity contribution in [3.05, 3.63) is 11.6 Å². The average Bonchev–Trinajstić information content (AvgIpc) is 2.21. The van der Waals surface area contributed by atoms with Gasteiger partial charge in [-0.15, -0.1) is 0 Å². The van der Waals surface area contributed by atoms with E-state index in [2.05, 4.69) is 11.8 Å². The zero-order valence-corrected chi connectivity index (χ0v) is 9.08. The summed E-state index contributed by atoms with van der Waals surface area (Å²) in [4.78, 5) is 14.3. The molecule has 0 aromatic carbocycles. The van der Waals surface area contributed by atoms with Crippen molar-refractivity contribution in [2.45, 2.75) is 52.4 Å². The van der Waals surface area contributed by atoms with Crippen LogP contribution in [0, 0.1) is 0 Å². The zero-order valence-electron chi connectivity index (χ0n) is 9.08. The Morgan fingerprint density at radius 2 is 1.93 bits per heavy atom. The summed E-state index contributed by atoms with van der Waals surface area (Å²) in [5.41, 5.74) is 0.475. The summed E-state index contributed by atoms with van der Waals surface area (Å²) in [6, 6.07) is 0. The van der Waals surface area contributed by atoms with Crippen molar-refractivity contribution in [1.29, 1.82) is 0 Å². The maximum Gasteiger partial charge on any atom is 0.368 e. The van der Waals surface area contributed by atoms with Crippen LogP contribution in [0.1, 0.15) is 52.4 Å². The Morgan fingerprint density at radius 3 is 2.50 bits per heavy atom. The van der Waals surface area contributed by atoms with Crippen LogP contribution in [0.4, 0.5) is 0 Å². The van der Waals surface area contributed by atoms with Crippen LogP contribution in [0.5, 0.6) is 0 Å². The highest BCUT2D eigenvalue weighted by molar-refractivity contribution is 5.87. The molecule has 0 saturated heterocycles. The fraction of sp³-hybridized carbons (Fsp3) is 0.727. The molecule has 3 heteroatoms. The summed E-state index contributed by atoms with van der Waals surface area (Å²) in [5, 5.41) is 8.09. The Labute approximate surface area is 85.7 Å². The van der Waals surface area contributed by atoms with Crippen LogP contribution >= 0.6 is 0 Å². The lowest BCUT2D eigenvalue weighted by Crippen LogP contribution is -2.01. The van der Waals surface area contributed by atoms with Gasteiger partial charge in [0, 0.05) is 5.57 Å². The largest absolute Gasteiger partial charge is 0.368 e. The van der Waals surface area contributed by atoms with Gasteiger partial charge < -0.3 is 0 Å². The predicted octanol–water partition coefficient (Wildman–Crippen LogP) is 3.31. The highest BCUT2D eigenvalue weighted by atomic mass is 17.1. The van der Waals surface area contributed by atoms with E-state index in [9.17, 15) is 4.79 Å². The van der Waals surface area contributed by atoms with Gasteiger partial charge in [0.05, 0.1) is 0 Å². The van der Waals surface area contributed by atoms with Gasteiger partial charge in [-0.3, -0.25) is 4.89 Å². The van der Waals surface area contributed by atoms with Crippen molar-refractivity contribution in [2.24, 2.45) is 0 Å². The Hall–Kier alpha value is -0.830. The first kappa shape index (κ1) is 13.2. The van der Waals surface area contributed by atoms with Crippen LogP contribution < -0.4 is 0 Å². The smallest absolute Gasteiger partial charge is 0.296 e. The van der Waals surface area contributed by atoms with Crippen LogP contribution in [-0.4, -0.2) is 11.2 Å². The molecule has 14 heavy (non-hydrogen) atoms. The molecular weight excluding hydrogens is 180 g/mol. The van der Waals surface area contributed by atoms with E-state index in [4.69, 9.17) is 5.26 Å². The quantitative estimate of drug-likeness (QED) is 0.297. The molecule has 0 aromatic heterocycles. The van der Waals surface area contributed by atoms with Gasteiger partial charge >= 0.3 is 5.97 Å². The summed E-state index contributed by atoms with van der Waals surface area (Å²) >= 11 is 0. The van der Waals surface area contributed by atoms with Crippen LogP contribution in [-0.2, 0) is 9.68 Å². The molecule has 1 N–H and O–H groups in total. The molecule has 0 aliphatic rings. The minimum absolute atomic E-state index is 0.475. The third kappa shape index (κ3) is 6.66. The lowest BCUT2D eigenvalue weighted by molar-refractivity contribution is -0.229. The summed E-state index contributed by atoms with van der Waals surface area (Å²) in [6.07, 6.45) is 8.76. The van der Waals surface area contributed by atoms with E-state index in [1.165, 1.54) is 25.7 Å². The number of carbonyl (C=O) groups excluding carboxylic acids is 1. The van der Waals surface area contributed by atoms with Crippen molar-refractivity contribution < 1.29 is 14.9 Å². The van der Waals surface area contributed by atoms with Crippen molar-refractivity contribution >= 4 is 5.97 Å². The van der Waals surface area contributed by atoms with Crippen LogP contribution in [0.3, 0.4) is 0 Å².